The molecule has 5 nitrogen and oxygen atoms in total. The Morgan fingerprint density at radius 1 is 1.46 bits per heavy atom. The second kappa shape index (κ2) is 6.28. The second-order valence-corrected chi connectivity index (χ2v) is 2.22. The fraction of sp³-hybridized carbons (Fsp3) is 0.571. The highest BCUT2D eigenvalue weighted by atomic mass is 32.1. The Hall–Kier alpha value is -1.26. The van der Waals surface area contributed by atoms with Crippen molar-refractivity contribution < 1.29 is 19.1 Å². The lowest BCUT2D eigenvalue weighted by atomic mass is 10.2. The van der Waals surface area contributed by atoms with Crippen LogP contribution >= 0.6 is 12.2 Å². The van der Waals surface area contributed by atoms with Gasteiger partial charge in [-0.2, -0.15) is 0 Å². The Bertz CT molecular complexity index is 247. The number of esters is 2. The van der Waals surface area contributed by atoms with Crippen LogP contribution in [0.5, 0.6) is 0 Å². The summed E-state index contributed by atoms with van der Waals surface area (Å²) in [6, 6.07) is -0.949. The van der Waals surface area contributed by atoms with E-state index < -0.39 is 18.0 Å². The summed E-state index contributed by atoms with van der Waals surface area (Å²) in [5, 5.41) is 2.01. The van der Waals surface area contributed by atoms with Crippen molar-refractivity contribution in [2.45, 2.75) is 12.5 Å². The highest BCUT2D eigenvalue weighted by Crippen LogP contribution is 2.01. The minimum absolute atomic E-state index is 0.188. The highest BCUT2D eigenvalue weighted by Gasteiger charge is 2.21. The van der Waals surface area contributed by atoms with E-state index in [2.05, 4.69) is 26.7 Å². The van der Waals surface area contributed by atoms with Gasteiger partial charge in [0.2, 0.25) is 0 Å². The van der Waals surface area contributed by atoms with Crippen LogP contribution in [0.3, 0.4) is 0 Å². The van der Waals surface area contributed by atoms with Gasteiger partial charge >= 0.3 is 11.9 Å². The van der Waals surface area contributed by atoms with Crippen LogP contribution in [0.15, 0.2) is 4.99 Å². The summed E-state index contributed by atoms with van der Waals surface area (Å²) in [5.41, 5.74) is 0. The first-order valence-electron chi connectivity index (χ1n) is 3.37. The van der Waals surface area contributed by atoms with Crippen LogP contribution in [0.1, 0.15) is 6.42 Å². The van der Waals surface area contributed by atoms with Gasteiger partial charge in [0.25, 0.3) is 0 Å². The summed E-state index contributed by atoms with van der Waals surface area (Å²) in [5.74, 6) is -1.19. The maximum Gasteiger partial charge on any atom is 0.332 e. The topological polar surface area (TPSA) is 65.0 Å². The molecule has 0 aliphatic heterocycles. The van der Waals surface area contributed by atoms with Crippen LogP contribution in [0.4, 0.5) is 0 Å². The number of hydrogen-bond donors (Lipinski definition) is 0. The van der Waals surface area contributed by atoms with E-state index in [1.807, 2.05) is 5.16 Å². The van der Waals surface area contributed by atoms with Crippen LogP contribution < -0.4 is 0 Å². The van der Waals surface area contributed by atoms with Crippen LogP contribution in [0, 0.1) is 0 Å². The molecule has 72 valence electrons. The molecule has 0 heterocycles. The predicted octanol–water partition coefficient (Wildman–Crippen LogP) is 0.194. The first-order valence-corrected chi connectivity index (χ1v) is 3.78. The number of thiocarbonyl (C=S) groups is 1. The van der Waals surface area contributed by atoms with Gasteiger partial charge in [0.1, 0.15) is 0 Å². The molecule has 0 saturated carbocycles. The van der Waals surface area contributed by atoms with Crippen molar-refractivity contribution in [1.29, 1.82) is 0 Å². The smallest absolute Gasteiger partial charge is 0.332 e. The molecule has 0 amide bonds. The van der Waals surface area contributed by atoms with Crippen molar-refractivity contribution in [3.05, 3.63) is 0 Å². The molecule has 0 aromatic rings. The molecular formula is C7H9NO4S. The zero-order chi connectivity index (χ0) is 10.3. The molecule has 0 aromatic carbocycles. The molecule has 13 heavy (non-hydrogen) atoms. The van der Waals surface area contributed by atoms with Gasteiger partial charge in [0, 0.05) is 0 Å². The standard InChI is InChI=1S/C7H9NO4S/c1-11-6(9)3-5(8-4-13)7(10)12-2/h5H,3H2,1-2H3/t5-/m0/s1. The summed E-state index contributed by atoms with van der Waals surface area (Å²) in [4.78, 5) is 25.2. The van der Waals surface area contributed by atoms with Gasteiger partial charge in [-0.1, -0.05) is 0 Å². The molecule has 0 aliphatic carbocycles. The van der Waals surface area contributed by atoms with Gasteiger partial charge in [0.15, 0.2) is 6.04 Å². The second-order valence-electron chi connectivity index (χ2n) is 2.04. The van der Waals surface area contributed by atoms with Crippen LogP contribution in [0.2, 0.25) is 0 Å². The van der Waals surface area contributed by atoms with Gasteiger partial charge in [-0.25, -0.2) is 9.79 Å². The molecule has 6 heteroatoms. The molecule has 0 spiro atoms. The molecule has 0 unspecified atom stereocenters. The number of carbonyl (C=O) groups is 2. The number of isothiocyanates is 1. The van der Waals surface area contributed by atoms with E-state index in [0.29, 0.717) is 0 Å². The third-order valence-electron chi connectivity index (χ3n) is 1.27. The first kappa shape index (κ1) is 11.7. The van der Waals surface area contributed by atoms with Gasteiger partial charge in [-0.3, -0.25) is 4.79 Å². The van der Waals surface area contributed by atoms with E-state index in [4.69, 9.17) is 0 Å². The zero-order valence-corrected chi connectivity index (χ0v) is 8.09. The van der Waals surface area contributed by atoms with E-state index in [0.717, 1.165) is 0 Å². The number of nitrogens with zero attached hydrogens (tertiary/aromatic N) is 1. The van der Waals surface area contributed by atoms with E-state index in [1.165, 1.54) is 14.2 Å². The van der Waals surface area contributed by atoms with Gasteiger partial charge in [0.05, 0.1) is 25.8 Å². The zero-order valence-electron chi connectivity index (χ0n) is 7.27. The number of hydrogen-bond acceptors (Lipinski definition) is 6. The molecule has 0 fully saturated rings. The quantitative estimate of drug-likeness (QED) is 0.371. The summed E-state index contributed by atoms with van der Waals surface area (Å²) in [6.45, 7) is 0. The molecule has 0 aliphatic rings. The number of methoxy groups -OCH3 is 2. The van der Waals surface area contributed by atoms with Crippen LogP contribution in [-0.4, -0.2) is 37.4 Å². The van der Waals surface area contributed by atoms with Crippen molar-refractivity contribution in [2.24, 2.45) is 4.99 Å². The number of carbonyl (C=O) groups excluding carboxylic acids is 2. The van der Waals surface area contributed by atoms with Crippen molar-refractivity contribution >= 4 is 29.3 Å². The lowest BCUT2D eigenvalue weighted by molar-refractivity contribution is -0.148. The molecule has 0 aromatic heterocycles. The Kier molecular flexibility index (Phi) is 5.67. The minimum Gasteiger partial charge on any atom is -0.469 e. The third kappa shape index (κ3) is 4.35. The van der Waals surface area contributed by atoms with Crippen LogP contribution in [-0.2, 0) is 19.1 Å². The normalized spacial score (nSPS) is 10.9. The maximum absolute atomic E-state index is 10.9. The molecule has 1 atom stereocenters. The van der Waals surface area contributed by atoms with Crippen molar-refractivity contribution in [3.63, 3.8) is 0 Å². The Morgan fingerprint density at radius 2 is 2.08 bits per heavy atom. The fourth-order valence-corrected chi connectivity index (χ4v) is 0.750. The molecule has 0 N–H and O–H groups in total. The minimum atomic E-state index is -0.949. The Morgan fingerprint density at radius 3 is 2.46 bits per heavy atom. The fourth-order valence-electron chi connectivity index (χ4n) is 0.623. The monoisotopic (exact) mass is 203 g/mol. The molecule has 0 rings (SSSR count). The SMILES string of the molecule is COC(=O)C[C@H](N=C=S)C(=O)OC. The average molecular weight is 203 g/mol. The van der Waals surface area contributed by atoms with Gasteiger partial charge < -0.3 is 9.47 Å². The van der Waals surface area contributed by atoms with Crippen molar-refractivity contribution in [2.75, 3.05) is 14.2 Å². The number of ether oxygens (including phenoxy) is 2. The summed E-state index contributed by atoms with van der Waals surface area (Å²) < 4.78 is 8.74. The van der Waals surface area contributed by atoms with E-state index in [9.17, 15) is 9.59 Å². The first-order chi connectivity index (χ1) is 6.15. The van der Waals surface area contributed by atoms with E-state index in [-0.39, 0.29) is 6.42 Å². The molecular weight excluding hydrogens is 194 g/mol. The largest absolute Gasteiger partial charge is 0.469 e. The van der Waals surface area contributed by atoms with Crippen molar-refractivity contribution in [1.82, 2.24) is 0 Å². The Balaban J connectivity index is 4.34. The maximum atomic E-state index is 10.9. The third-order valence-corrected chi connectivity index (χ3v) is 1.37. The number of aliphatic imine (C=N–C) groups is 1. The average Bonchev–Trinajstić information content (AvgIpc) is 2.15. The molecule has 0 radical (unpaired) electrons. The van der Waals surface area contributed by atoms with Gasteiger partial charge in [-0.05, 0) is 12.2 Å². The lowest BCUT2D eigenvalue weighted by Gasteiger charge is -2.06. The van der Waals surface area contributed by atoms with Crippen molar-refractivity contribution in [3.8, 4) is 0 Å². The van der Waals surface area contributed by atoms with E-state index >= 15 is 0 Å². The highest BCUT2D eigenvalue weighted by molar-refractivity contribution is 7.78. The molecule has 0 bridgehead atoms. The number of rotatable bonds is 4. The predicted molar refractivity (Wildman–Crippen MR) is 47.5 cm³/mol. The summed E-state index contributed by atoms with van der Waals surface area (Å²) in [7, 11) is 2.42. The lowest BCUT2D eigenvalue weighted by Crippen LogP contribution is -2.24. The van der Waals surface area contributed by atoms with E-state index in [1.54, 1.807) is 0 Å². The Labute approximate surface area is 80.7 Å². The molecule has 0 saturated heterocycles. The van der Waals surface area contributed by atoms with Crippen LogP contribution in [0.25, 0.3) is 0 Å². The summed E-state index contributed by atoms with van der Waals surface area (Å²) in [6.07, 6.45) is -0.188. The summed E-state index contributed by atoms with van der Waals surface area (Å²) >= 11 is 4.31. The van der Waals surface area contributed by atoms with Gasteiger partial charge in [-0.15, -0.1) is 0 Å².